The molecule has 4 nitrogen and oxygen atoms in total. The number of nitrogens with two attached hydrogens (primary N) is 1. The summed E-state index contributed by atoms with van der Waals surface area (Å²) in [6.45, 7) is 6.18. The van der Waals surface area contributed by atoms with Crippen LogP contribution in [0.25, 0.3) is 5.57 Å². The molecule has 2 heterocycles. The van der Waals surface area contributed by atoms with E-state index in [2.05, 4.69) is 56.7 Å². The molecule has 0 fully saturated rings. The summed E-state index contributed by atoms with van der Waals surface area (Å²) in [6.07, 6.45) is 23.8. The Morgan fingerprint density at radius 1 is 1.27 bits per heavy atom. The zero-order chi connectivity index (χ0) is 21.3. The topological polar surface area (TPSA) is 67.1 Å². The molecule has 2 aliphatic rings. The molecule has 5 heteroatoms. The first kappa shape index (κ1) is 22.3. The minimum Gasteiger partial charge on any atom is -0.261 e. The van der Waals surface area contributed by atoms with Crippen LogP contribution in [0, 0.1) is 0 Å². The molecule has 1 aliphatic heterocycles. The van der Waals surface area contributed by atoms with Gasteiger partial charge < -0.3 is 0 Å². The number of aromatic nitrogens is 2. The van der Waals surface area contributed by atoms with Gasteiger partial charge in [0.15, 0.2) is 0 Å². The number of hydrogen-bond acceptors (Lipinski definition) is 3. The van der Waals surface area contributed by atoms with E-state index < -0.39 is 0 Å². The molecule has 3 rings (SSSR count). The number of unbranched alkanes of at least 4 members (excludes halogenated alkanes) is 3. The third kappa shape index (κ3) is 6.04. The molecule has 1 aliphatic carbocycles. The minimum absolute atomic E-state index is 0.765. The van der Waals surface area contributed by atoms with Gasteiger partial charge in [0, 0.05) is 18.3 Å². The molecule has 0 saturated heterocycles. The maximum absolute atomic E-state index is 6.28. The Morgan fingerprint density at radius 2 is 2.10 bits per heavy atom. The van der Waals surface area contributed by atoms with Gasteiger partial charge in [-0.2, -0.15) is 0 Å². The standard InChI is InChI=1S/C25H30N4.V/c1-3-4-11-20-14-15-22(26)21(17-20)24-18-28-25(29-24)13-8-6-5-7-10-19(2)23-12-9-16-27-23;/h3-4,9,11,15-18H,2,5-8,10,12-13,26H2,1H3,(H,28,29);/b4-3?,20-11+;. The van der Waals surface area contributed by atoms with Crippen molar-refractivity contribution >= 4 is 15.5 Å². The maximum Gasteiger partial charge on any atom is 0.0467 e. The van der Waals surface area contributed by atoms with Gasteiger partial charge in [-0.1, -0.05) is 12.7 Å². The number of rotatable bonds is 10. The molecule has 1 aromatic heterocycles. The molecule has 30 heavy (non-hydrogen) atoms. The number of hydrogen-bond donors (Lipinski definition) is 2. The van der Waals surface area contributed by atoms with Crippen LogP contribution in [-0.2, 0) is 23.4 Å². The first-order valence-electron chi connectivity index (χ1n) is 10.6. The summed E-state index contributed by atoms with van der Waals surface area (Å²) in [5.41, 5.74) is 12.5. The Labute approximate surface area is 188 Å². The molecular weight excluding hydrogens is 407 g/mol. The average Bonchev–Trinajstić information content (AvgIpc) is 3.42. The second kappa shape index (κ2) is 11.1. The van der Waals surface area contributed by atoms with Crippen LogP contribution in [0.15, 0.2) is 77.3 Å². The molecule has 0 spiro atoms. The van der Waals surface area contributed by atoms with Crippen molar-refractivity contribution in [2.24, 2.45) is 10.7 Å². The van der Waals surface area contributed by atoms with Crippen molar-refractivity contribution < 1.29 is 17.0 Å². The van der Waals surface area contributed by atoms with Crippen LogP contribution in [0.2, 0.25) is 0 Å². The number of allylic oxidation sites excluding steroid dienone is 9. The summed E-state index contributed by atoms with van der Waals surface area (Å²) in [5.74, 6) is 1.02. The van der Waals surface area contributed by atoms with Crippen molar-refractivity contribution in [2.75, 3.05) is 0 Å². The number of aromatic amines is 1. The van der Waals surface area contributed by atoms with Crippen LogP contribution >= 0.6 is 0 Å². The Hall–Kier alpha value is -2.43. The van der Waals surface area contributed by atoms with Crippen LogP contribution in [0.1, 0.15) is 57.0 Å². The van der Waals surface area contributed by atoms with Crippen LogP contribution in [-0.4, -0.2) is 19.9 Å². The summed E-state index contributed by atoms with van der Waals surface area (Å²) >= 11 is 2.59. The van der Waals surface area contributed by atoms with Crippen molar-refractivity contribution in [3.8, 4) is 0 Å². The molecule has 0 radical (unpaired) electrons. The molecule has 0 aromatic carbocycles. The van der Waals surface area contributed by atoms with E-state index in [4.69, 9.17) is 5.73 Å². The van der Waals surface area contributed by atoms with E-state index in [9.17, 15) is 0 Å². The smallest absolute Gasteiger partial charge is 0.0467 e. The zero-order valence-corrected chi connectivity index (χ0v) is 19.1. The second-order valence-corrected chi connectivity index (χ2v) is 8.37. The van der Waals surface area contributed by atoms with Crippen LogP contribution in [0.3, 0.4) is 0 Å². The van der Waals surface area contributed by atoms with E-state index in [1.54, 1.807) is 0 Å². The average molecular weight is 437 g/mol. The fourth-order valence-corrected chi connectivity index (χ4v) is 3.97. The number of imidazole rings is 1. The van der Waals surface area contributed by atoms with E-state index in [1.807, 2.05) is 37.5 Å². The van der Waals surface area contributed by atoms with Gasteiger partial charge in [0.2, 0.25) is 0 Å². The fourth-order valence-electron chi connectivity index (χ4n) is 3.54. The normalized spacial score (nSPS) is 17.5. The summed E-state index contributed by atoms with van der Waals surface area (Å²) in [6, 6.07) is 0. The van der Waals surface area contributed by atoms with Crippen molar-refractivity contribution in [3.05, 3.63) is 83.8 Å². The molecule has 3 N–H and O–H groups in total. The Kier molecular flexibility index (Phi) is 8.24. The zero-order valence-electron chi connectivity index (χ0n) is 17.7. The molecule has 0 atom stereocenters. The third-order valence-electron chi connectivity index (χ3n) is 5.28. The molecule has 0 saturated carbocycles. The molecular formula is C25H30N4V. The molecule has 155 valence electrons. The first-order chi connectivity index (χ1) is 14.6. The summed E-state index contributed by atoms with van der Waals surface area (Å²) in [4.78, 5) is 12.4. The number of H-pyrrole nitrogens is 1. The Balaban J connectivity index is 1.46. The Morgan fingerprint density at radius 3 is 2.87 bits per heavy atom. The molecule has 0 amide bonds. The van der Waals surface area contributed by atoms with E-state index >= 15 is 0 Å². The van der Waals surface area contributed by atoms with Crippen molar-refractivity contribution in [1.29, 1.82) is 0 Å². The number of aliphatic imine (C=N–C) groups is 1. The largest absolute Gasteiger partial charge is 0.261 e. The van der Waals surface area contributed by atoms with Gasteiger partial charge in [-0.25, -0.2) is 0 Å². The van der Waals surface area contributed by atoms with Crippen molar-refractivity contribution in [3.63, 3.8) is 0 Å². The summed E-state index contributed by atoms with van der Waals surface area (Å²) in [5, 5.41) is 0. The van der Waals surface area contributed by atoms with Gasteiger partial charge in [-0.3, -0.25) is 4.99 Å². The Bertz CT molecular complexity index is 983. The van der Waals surface area contributed by atoms with Crippen LogP contribution in [0.5, 0.6) is 0 Å². The van der Waals surface area contributed by atoms with Gasteiger partial charge in [0.05, 0.1) is 0 Å². The van der Waals surface area contributed by atoms with E-state index in [1.165, 1.54) is 24.8 Å². The predicted octanol–water partition coefficient (Wildman–Crippen LogP) is 5.28. The molecule has 0 bridgehead atoms. The van der Waals surface area contributed by atoms with Crippen molar-refractivity contribution in [1.82, 2.24) is 9.97 Å². The number of nitrogens with one attached hydrogen (secondary N) is 1. The fraction of sp³-hybridized carbons (Fsp3) is 0.320. The predicted molar refractivity (Wildman–Crippen MR) is 124 cm³/mol. The maximum atomic E-state index is 6.28. The molecule has 0 unspecified atom stereocenters. The summed E-state index contributed by atoms with van der Waals surface area (Å²) < 4.78 is 1.11. The quantitative estimate of drug-likeness (QED) is 0.489. The molecule has 1 aromatic rings. The van der Waals surface area contributed by atoms with Crippen molar-refractivity contribution in [2.45, 2.75) is 51.9 Å². The van der Waals surface area contributed by atoms with Crippen LogP contribution in [0.4, 0.5) is 0 Å². The first-order valence-corrected chi connectivity index (χ1v) is 11.3. The van der Waals surface area contributed by atoms with Crippen LogP contribution < -0.4 is 5.73 Å². The minimum atomic E-state index is 0.765. The monoisotopic (exact) mass is 437 g/mol. The van der Waals surface area contributed by atoms with Gasteiger partial charge in [-0.05, 0) is 12.0 Å². The van der Waals surface area contributed by atoms with Gasteiger partial charge in [0.25, 0.3) is 0 Å². The third-order valence-corrected chi connectivity index (χ3v) is 5.89. The number of nitrogens with zero attached hydrogens (tertiary/aromatic N) is 2. The van der Waals surface area contributed by atoms with E-state index in [0.717, 1.165) is 64.0 Å². The van der Waals surface area contributed by atoms with Gasteiger partial charge >= 0.3 is 141 Å². The number of aryl methyl sites for hydroxylation is 1. The van der Waals surface area contributed by atoms with E-state index in [-0.39, 0.29) is 0 Å². The SMILES string of the molecule is C=C(CCCCCCc1ncc(C2=C/C(=C/C=CC)[C](=[V])C=C2N)[nH]1)C1=NC=CC1. The second-order valence-electron chi connectivity index (χ2n) is 7.62. The summed E-state index contributed by atoms with van der Waals surface area (Å²) in [7, 11) is 0. The van der Waals surface area contributed by atoms with Gasteiger partial charge in [0.1, 0.15) is 0 Å². The van der Waals surface area contributed by atoms with Gasteiger partial charge in [-0.15, -0.1) is 0 Å². The van der Waals surface area contributed by atoms with E-state index in [0.29, 0.717) is 0 Å².